The van der Waals surface area contributed by atoms with Crippen LogP contribution < -0.4 is 10.2 Å². The first-order valence-corrected chi connectivity index (χ1v) is 7.23. The van der Waals surface area contributed by atoms with E-state index in [4.69, 9.17) is 4.52 Å². The van der Waals surface area contributed by atoms with Crippen molar-refractivity contribution in [3.8, 4) is 0 Å². The summed E-state index contributed by atoms with van der Waals surface area (Å²) in [6.45, 7) is 3.42. The molecule has 1 saturated heterocycles. The Hall–Kier alpha value is -2.21. The van der Waals surface area contributed by atoms with Crippen LogP contribution in [0.2, 0.25) is 0 Å². The van der Waals surface area contributed by atoms with Crippen LogP contribution in [-0.2, 0) is 0 Å². The molecule has 6 nitrogen and oxygen atoms in total. The molecule has 0 spiro atoms. The number of anilines is 1. The van der Waals surface area contributed by atoms with E-state index in [9.17, 15) is 4.79 Å². The van der Waals surface area contributed by atoms with Crippen molar-refractivity contribution in [1.29, 1.82) is 0 Å². The number of aromatic nitrogens is 2. The normalized spacial score (nSPS) is 17.9. The second-order valence-electron chi connectivity index (χ2n) is 4.99. The molecular weight excluding hydrogens is 268 g/mol. The summed E-state index contributed by atoms with van der Waals surface area (Å²) in [7, 11) is 0. The largest absolute Gasteiger partial charge is 0.337 e. The number of rotatable bonds is 4. The molecule has 1 unspecified atom stereocenters. The first-order chi connectivity index (χ1) is 10.3. The minimum absolute atomic E-state index is 0.0749. The molecule has 110 valence electrons. The SMILES string of the molecule is CCN(C(=O)c1noc(C2CCCN2)n1)c1ccccc1. The van der Waals surface area contributed by atoms with E-state index in [-0.39, 0.29) is 17.8 Å². The van der Waals surface area contributed by atoms with E-state index in [2.05, 4.69) is 15.5 Å². The van der Waals surface area contributed by atoms with E-state index in [1.807, 2.05) is 37.3 Å². The Morgan fingerprint density at radius 1 is 1.43 bits per heavy atom. The summed E-state index contributed by atoms with van der Waals surface area (Å²) in [4.78, 5) is 18.4. The molecule has 1 aliphatic rings. The van der Waals surface area contributed by atoms with Crippen molar-refractivity contribution in [2.75, 3.05) is 18.0 Å². The molecule has 1 aromatic carbocycles. The van der Waals surface area contributed by atoms with Gasteiger partial charge in [-0.1, -0.05) is 23.4 Å². The Balaban J connectivity index is 1.80. The number of carbonyl (C=O) groups excluding carboxylic acids is 1. The van der Waals surface area contributed by atoms with Crippen LogP contribution in [0.15, 0.2) is 34.9 Å². The predicted octanol–water partition coefficient (Wildman–Crippen LogP) is 2.16. The molecule has 1 fully saturated rings. The minimum atomic E-state index is -0.239. The highest BCUT2D eigenvalue weighted by molar-refractivity contribution is 6.03. The molecule has 21 heavy (non-hydrogen) atoms. The fourth-order valence-corrected chi connectivity index (χ4v) is 2.53. The van der Waals surface area contributed by atoms with Gasteiger partial charge >= 0.3 is 0 Å². The summed E-state index contributed by atoms with van der Waals surface area (Å²) in [5, 5.41) is 7.12. The number of carbonyl (C=O) groups is 1. The van der Waals surface area contributed by atoms with E-state index >= 15 is 0 Å². The monoisotopic (exact) mass is 286 g/mol. The molecule has 0 aliphatic carbocycles. The van der Waals surface area contributed by atoms with Gasteiger partial charge in [-0.3, -0.25) is 4.79 Å². The van der Waals surface area contributed by atoms with Gasteiger partial charge in [0.05, 0.1) is 6.04 Å². The lowest BCUT2D eigenvalue weighted by Crippen LogP contribution is -2.31. The first-order valence-electron chi connectivity index (χ1n) is 7.23. The number of para-hydroxylation sites is 1. The Morgan fingerprint density at radius 3 is 2.90 bits per heavy atom. The molecule has 2 aromatic rings. The fraction of sp³-hybridized carbons (Fsp3) is 0.400. The lowest BCUT2D eigenvalue weighted by molar-refractivity contribution is 0.0975. The topological polar surface area (TPSA) is 71.3 Å². The third kappa shape index (κ3) is 2.80. The molecule has 6 heteroatoms. The molecule has 2 heterocycles. The van der Waals surface area contributed by atoms with Crippen molar-refractivity contribution < 1.29 is 9.32 Å². The van der Waals surface area contributed by atoms with Gasteiger partial charge in [0.25, 0.3) is 11.7 Å². The van der Waals surface area contributed by atoms with E-state index < -0.39 is 0 Å². The van der Waals surface area contributed by atoms with Crippen molar-refractivity contribution in [3.63, 3.8) is 0 Å². The first kappa shape index (κ1) is 13.8. The quantitative estimate of drug-likeness (QED) is 0.932. The molecule has 1 N–H and O–H groups in total. The van der Waals surface area contributed by atoms with Crippen LogP contribution in [-0.4, -0.2) is 29.1 Å². The Kier molecular flexibility index (Phi) is 3.96. The van der Waals surface area contributed by atoms with Crippen molar-refractivity contribution in [2.24, 2.45) is 0 Å². The highest BCUT2D eigenvalue weighted by atomic mass is 16.5. The molecule has 1 amide bonds. The standard InChI is InChI=1S/C15H18N4O2/c1-2-19(11-7-4-3-5-8-11)15(20)13-17-14(21-18-13)12-9-6-10-16-12/h3-5,7-8,12,16H,2,6,9-10H2,1H3. The van der Waals surface area contributed by atoms with Crippen LogP contribution in [0, 0.1) is 0 Å². The highest BCUT2D eigenvalue weighted by Gasteiger charge is 2.26. The lowest BCUT2D eigenvalue weighted by Gasteiger charge is -2.18. The van der Waals surface area contributed by atoms with Crippen LogP contribution in [0.3, 0.4) is 0 Å². The maximum atomic E-state index is 12.5. The van der Waals surface area contributed by atoms with Crippen molar-refractivity contribution in [1.82, 2.24) is 15.5 Å². The zero-order valence-corrected chi connectivity index (χ0v) is 12.0. The molecule has 0 radical (unpaired) electrons. The maximum Gasteiger partial charge on any atom is 0.299 e. The van der Waals surface area contributed by atoms with Crippen LogP contribution in [0.1, 0.15) is 42.3 Å². The van der Waals surface area contributed by atoms with Crippen LogP contribution >= 0.6 is 0 Å². The van der Waals surface area contributed by atoms with E-state index in [1.54, 1.807) is 4.90 Å². The van der Waals surface area contributed by atoms with Gasteiger partial charge in [0.2, 0.25) is 5.89 Å². The molecule has 1 atom stereocenters. The molecule has 0 saturated carbocycles. The van der Waals surface area contributed by atoms with Crippen molar-refractivity contribution >= 4 is 11.6 Å². The van der Waals surface area contributed by atoms with Crippen molar-refractivity contribution in [2.45, 2.75) is 25.8 Å². The lowest BCUT2D eigenvalue weighted by atomic mass is 10.2. The number of hydrogen-bond acceptors (Lipinski definition) is 5. The average Bonchev–Trinajstić information content (AvgIpc) is 3.20. The average molecular weight is 286 g/mol. The van der Waals surface area contributed by atoms with E-state index in [0.29, 0.717) is 12.4 Å². The molecule has 1 aromatic heterocycles. The Bertz CT molecular complexity index is 605. The van der Waals surface area contributed by atoms with Gasteiger partial charge in [-0.25, -0.2) is 0 Å². The number of benzene rings is 1. The highest BCUT2D eigenvalue weighted by Crippen LogP contribution is 2.22. The zero-order valence-electron chi connectivity index (χ0n) is 12.0. The number of nitrogens with zero attached hydrogens (tertiary/aromatic N) is 3. The van der Waals surface area contributed by atoms with E-state index in [1.165, 1.54) is 0 Å². The minimum Gasteiger partial charge on any atom is -0.337 e. The van der Waals surface area contributed by atoms with Crippen LogP contribution in [0.4, 0.5) is 5.69 Å². The zero-order chi connectivity index (χ0) is 14.7. The third-order valence-corrected chi connectivity index (χ3v) is 3.62. The second-order valence-corrected chi connectivity index (χ2v) is 4.99. The maximum absolute atomic E-state index is 12.5. The third-order valence-electron chi connectivity index (χ3n) is 3.62. The van der Waals surface area contributed by atoms with Crippen LogP contribution in [0.25, 0.3) is 0 Å². The Morgan fingerprint density at radius 2 is 2.24 bits per heavy atom. The van der Waals surface area contributed by atoms with Gasteiger partial charge in [0.1, 0.15) is 0 Å². The summed E-state index contributed by atoms with van der Waals surface area (Å²) in [5.41, 5.74) is 0.829. The summed E-state index contributed by atoms with van der Waals surface area (Å²) in [6.07, 6.45) is 2.05. The van der Waals surface area contributed by atoms with Gasteiger partial charge in [-0.15, -0.1) is 0 Å². The molecule has 3 rings (SSSR count). The summed E-state index contributed by atoms with van der Waals surface area (Å²) < 4.78 is 5.23. The summed E-state index contributed by atoms with van der Waals surface area (Å²) in [5.74, 6) is 0.376. The fourth-order valence-electron chi connectivity index (χ4n) is 2.53. The van der Waals surface area contributed by atoms with Crippen molar-refractivity contribution in [3.05, 3.63) is 42.0 Å². The second kappa shape index (κ2) is 6.05. The summed E-state index contributed by atoms with van der Waals surface area (Å²) in [6, 6.07) is 9.57. The summed E-state index contributed by atoms with van der Waals surface area (Å²) >= 11 is 0. The van der Waals surface area contributed by atoms with Gasteiger partial charge in [-0.2, -0.15) is 4.98 Å². The van der Waals surface area contributed by atoms with Gasteiger partial charge in [0.15, 0.2) is 0 Å². The number of amides is 1. The number of nitrogens with one attached hydrogen (secondary N) is 1. The van der Waals surface area contributed by atoms with E-state index in [0.717, 1.165) is 25.1 Å². The van der Waals surface area contributed by atoms with Gasteiger partial charge in [-0.05, 0) is 38.4 Å². The molecular formula is C15H18N4O2. The van der Waals surface area contributed by atoms with Gasteiger partial charge < -0.3 is 14.7 Å². The molecule has 0 bridgehead atoms. The smallest absolute Gasteiger partial charge is 0.299 e. The van der Waals surface area contributed by atoms with Crippen LogP contribution in [0.5, 0.6) is 0 Å². The molecule has 1 aliphatic heterocycles. The number of hydrogen-bond donors (Lipinski definition) is 1. The van der Waals surface area contributed by atoms with Gasteiger partial charge in [0, 0.05) is 12.2 Å². The Labute approximate surface area is 123 Å². The predicted molar refractivity (Wildman–Crippen MR) is 78.1 cm³/mol.